The summed E-state index contributed by atoms with van der Waals surface area (Å²) in [6.45, 7) is 6.92. The number of ether oxygens (including phenoxy) is 3. The van der Waals surface area contributed by atoms with Crippen LogP contribution in [0.3, 0.4) is 0 Å². The highest BCUT2D eigenvalue weighted by Crippen LogP contribution is 2.43. The summed E-state index contributed by atoms with van der Waals surface area (Å²) < 4.78 is 18.5. The van der Waals surface area contributed by atoms with E-state index in [1.54, 1.807) is 6.92 Å². The second-order valence-corrected chi connectivity index (χ2v) is 14.7. The average molecular weight is 762 g/mol. The van der Waals surface area contributed by atoms with Crippen LogP contribution in [0.4, 0.5) is 10.5 Å². The van der Waals surface area contributed by atoms with Gasteiger partial charge in [-0.3, -0.25) is 9.59 Å². The standard InChI is InChI=1S/C44H51N5O7/c1-3-54-39(51)26-46-43(53)45-25-32-9-7-10-34(23-32)35-11-8-12-36(24-35)41-55-38(30(2)40(56-41)33-17-15-31(28-50)16-18-33)27-48-21-19-44(20-22-48)42(52)47-29-49(44)37-13-5-4-6-14-37/h4-18,23-24,30,38,40-41,50H,3,19-22,25-29H2,1-2H3,(H,47,52)(H2,45,46,53). The lowest BCUT2D eigenvalue weighted by Gasteiger charge is -2.46. The fourth-order valence-electron chi connectivity index (χ4n) is 8.06. The Labute approximate surface area is 328 Å². The van der Waals surface area contributed by atoms with E-state index in [9.17, 15) is 19.5 Å². The number of carbonyl (C=O) groups is 3. The summed E-state index contributed by atoms with van der Waals surface area (Å²) in [5.74, 6) is -0.377. The molecule has 4 aromatic rings. The summed E-state index contributed by atoms with van der Waals surface area (Å²) in [7, 11) is 0. The van der Waals surface area contributed by atoms with E-state index in [2.05, 4.69) is 50.9 Å². The smallest absolute Gasteiger partial charge is 0.325 e. The lowest BCUT2D eigenvalue weighted by molar-refractivity contribution is -0.276. The highest BCUT2D eigenvalue weighted by Gasteiger charge is 2.51. The van der Waals surface area contributed by atoms with Gasteiger partial charge in [-0.2, -0.15) is 0 Å². The van der Waals surface area contributed by atoms with Crippen LogP contribution in [0.25, 0.3) is 11.1 Å². The van der Waals surface area contributed by atoms with Crippen molar-refractivity contribution in [3.05, 3.63) is 125 Å². The van der Waals surface area contributed by atoms with E-state index in [0.717, 1.165) is 65.0 Å². The van der Waals surface area contributed by atoms with Crippen molar-refractivity contribution >= 4 is 23.6 Å². The van der Waals surface area contributed by atoms with Gasteiger partial charge in [-0.25, -0.2) is 4.79 Å². The molecule has 7 rings (SSSR count). The molecule has 294 valence electrons. The van der Waals surface area contributed by atoms with Gasteiger partial charge in [-0.05, 0) is 71.8 Å². The molecule has 1 spiro atoms. The molecule has 0 bridgehead atoms. The molecule has 12 heteroatoms. The van der Waals surface area contributed by atoms with Gasteiger partial charge in [0.15, 0.2) is 6.29 Å². The normalized spacial score (nSPS) is 22.1. The van der Waals surface area contributed by atoms with Crippen LogP contribution in [-0.2, 0) is 37.0 Å². The third-order valence-electron chi connectivity index (χ3n) is 11.2. The minimum Gasteiger partial charge on any atom is -0.465 e. The lowest BCUT2D eigenvalue weighted by Crippen LogP contribution is -2.57. The number of carbonyl (C=O) groups excluding carboxylic acids is 3. The molecule has 3 aliphatic rings. The van der Waals surface area contributed by atoms with Crippen LogP contribution >= 0.6 is 0 Å². The predicted octanol–water partition coefficient (Wildman–Crippen LogP) is 5.43. The number of esters is 1. The first-order chi connectivity index (χ1) is 27.3. The lowest BCUT2D eigenvalue weighted by atomic mass is 9.84. The largest absolute Gasteiger partial charge is 0.465 e. The van der Waals surface area contributed by atoms with Crippen LogP contribution in [-0.4, -0.2) is 79.0 Å². The van der Waals surface area contributed by atoms with Crippen molar-refractivity contribution in [2.45, 2.75) is 63.9 Å². The number of anilines is 1. The van der Waals surface area contributed by atoms with Gasteiger partial charge in [-0.15, -0.1) is 0 Å². The third-order valence-corrected chi connectivity index (χ3v) is 11.2. The second kappa shape index (κ2) is 17.7. The molecule has 3 aliphatic heterocycles. The number of aliphatic hydroxyl groups excluding tert-OH is 1. The average Bonchev–Trinajstić information content (AvgIpc) is 3.55. The first-order valence-electron chi connectivity index (χ1n) is 19.5. The molecule has 0 aromatic heterocycles. The van der Waals surface area contributed by atoms with Gasteiger partial charge in [0.1, 0.15) is 12.1 Å². The maximum absolute atomic E-state index is 13.3. The summed E-state index contributed by atoms with van der Waals surface area (Å²) in [5.41, 5.74) is 6.08. The van der Waals surface area contributed by atoms with Crippen LogP contribution in [0.5, 0.6) is 0 Å². The summed E-state index contributed by atoms with van der Waals surface area (Å²) in [6.07, 6.45) is 0.369. The Balaban J connectivity index is 1.06. The van der Waals surface area contributed by atoms with Gasteiger partial charge in [0.25, 0.3) is 0 Å². The summed E-state index contributed by atoms with van der Waals surface area (Å²) in [5, 5.41) is 18.1. The molecule has 0 radical (unpaired) electrons. The molecule has 0 aliphatic carbocycles. The highest BCUT2D eigenvalue weighted by atomic mass is 16.7. The molecule has 4 N–H and O–H groups in total. The van der Waals surface area contributed by atoms with E-state index in [-0.39, 0.29) is 50.3 Å². The number of nitrogens with zero attached hydrogens (tertiary/aromatic N) is 2. The molecular formula is C44H51N5O7. The summed E-state index contributed by atoms with van der Waals surface area (Å²) >= 11 is 0. The number of hydrogen-bond donors (Lipinski definition) is 4. The molecule has 3 saturated heterocycles. The van der Waals surface area contributed by atoms with Gasteiger partial charge in [-0.1, -0.05) is 85.8 Å². The Bertz CT molecular complexity index is 1970. The number of aliphatic hydroxyl groups is 1. The van der Waals surface area contributed by atoms with E-state index in [4.69, 9.17) is 14.2 Å². The first-order valence-corrected chi connectivity index (χ1v) is 19.5. The van der Waals surface area contributed by atoms with Crippen LogP contribution in [0.1, 0.15) is 61.3 Å². The Kier molecular flexibility index (Phi) is 12.3. The molecule has 4 unspecified atom stereocenters. The zero-order valence-corrected chi connectivity index (χ0v) is 32.0. The van der Waals surface area contributed by atoms with Crippen molar-refractivity contribution < 1.29 is 33.7 Å². The molecule has 0 saturated carbocycles. The fraction of sp³-hybridized carbons (Fsp3) is 0.386. The molecular weight excluding hydrogens is 711 g/mol. The van der Waals surface area contributed by atoms with Gasteiger partial charge >= 0.3 is 12.0 Å². The van der Waals surface area contributed by atoms with E-state index >= 15 is 0 Å². The minimum atomic E-state index is -0.642. The number of amides is 3. The molecule has 3 heterocycles. The van der Waals surface area contributed by atoms with Gasteiger partial charge in [0.05, 0.1) is 32.1 Å². The quantitative estimate of drug-likeness (QED) is 0.139. The van der Waals surface area contributed by atoms with Gasteiger partial charge < -0.3 is 45.1 Å². The Morgan fingerprint density at radius 1 is 0.875 bits per heavy atom. The van der Waals surface area contributed by atoms with E-state index in [0.29, 0.717) is 13.2 Å². The summed E-state index contributed by atoms with van der Waals surface area (Å²) in [6, 6.07) is 33.7. The van der Waals surface area contributed by atoms with Crippen molar-refractivity contribution in [1.29, 1.82) is 0 Å². The number of rotatable bonds is 12. The highest BCUT2D eigenvalue weighted by molar-refractivity contribution is 5.93. The van der Waals surface area contributed by atoms with Crippen LogP contribution in [0.2, 0.25) is 0 Å². The number of likely N-dealkylation sites (tertiary alicyclic amines) is 1. The van der Waals surface area contributed by atoms with Crippen LogP contribution < -0.4 is 20.9 Å². The number of benzene rings is 4. The van der Waals surface area contributed by atoms with E-state index in [1.165, 1.54) is 0 Å². The number of piperidine rings is 1. The topological polar surface area (TPSA) is 142 Å². The van der Waals surface area contributed by atoms with Crippen LogP contribution in [0.15, 0.2) is 103 Å². The maximum Gasteiger partial charge on any atom is 0.325 e. The number of urea groups is 1. The monoisotopic (exact) mass is 761 g/mol. The molecule has 56 heavy (non-hydrogen) atoms. The van der Waals surface area contributed by atoms with Crippen molar-refractivity contribution in [2.24, 2.45) is 5.92 Å². The second-order valence-electron chi connectivity index (χ2n) is 14.7. The number of para-hydroxylation sites is 1. The van der Waals surface area contributed by atoms with E-state index < -0.39 is 23.8 Å². The Morgan fingerprint density at radius 2 is 1.61 bits per heavy atom. The maximum atomic E-state index is 13.3. The third kappa shape index (κ3) is 8.74. The van der Waals surface area contributed by atoms with Crippen molar-refractivity contribution in [2.75, 3.05) is 44.4 Å². The Morgan fingerprint density at radius 3 is 2.34 bits per heavy atom. The SMILES string of the molecule is CCOC(=O)CNC(=O)NCc1cccc(-c2cccc(C3OC(CN4CCC5(CC4)C(=O)NCN5c4ccccc4)C(C)C(c4ccc(CO)cc4)O3)c2)c1. The fourth-order valence-corrected chi connectivity index (χ4v) is 8.06. The van der Waals surface area contributed by atoms with Gasteiger partial charge in [0, 0.05) is 43.3 Å². The predicted molar refractivity (Wildman–Crippen MR) is 212 cm³/mol. The Hall–Kier alpha value is -5.27. The molecule has 3 amide bonds. The van der Waals surface area contributed by atoms with Gasteiger partial charge in [0.2, 0.25) is 5.91 Å². The first kappa shape index (κ1) is 39.0. The van der Waals surface area contributed by atoms with Crippen molar-refractivity contribution in [1.82, 2.24) is 20.9 Å². The summed E-state index contributed by atoms with van der Waals surface area (Å²) in [4.78, 5) is 41.9. The number of hydrogen-bond acceptors (Lipinski definition) is 9. The minimum absolute atomic E-state index is 0.0135. The van der Waals surface area contributed by atoms with Crippen molar-refractivity contribution in [3.63, 3.8) is 0 Å². The van der Waals surface area contributed by atoms with Crippen molar-refractivity contribution in [3.8, 4) is 11.1 Å². The molecule has 4 atom stereocenters. The van der Waals surface area contributed by atoms with E-state index in [1.807, 2.05) is 84.9 Å². The molecule has 3 fully saturated rings. The van der Waals surface area contributed by atoms with Crippen LogP contribution in [0, 0.1) is 5.92 Å². The molecule has 4 aromatic carbocycles. The zero-order valence-electron chi connectivity index (χ0n) is 32.0. The zero-order chi connectivity index (χ0) is 39.1. The molecule has 12 nitrogen and oxygen atoms in total. The number of nitrogens with one attached hydrogen (secondary N) is 3.